The number of carboxylic acid groups (broad SMARTS) is 1. The molecule has 124 valence electrons. The van der Waals surface area contributed by atoms with Gasteiger partial charge in [0.25, 0.3) is 0 Å². The minimum Gasteiger partial charge on any atom is -0.465 e. The number of hydrogen-bond acceptors (Lipinski definition) is 3. The first kappa shape index (κ1) is 16.7. The Morgan fingerprint density at radius 2 is 2.13 bits per heavy atom. The van der Waals surface area contributed by atoms with Crippen LogP contribution in [0.25, 0.3) is 0 Å². The van der Waals surface area contributed by atoms with Crippen LogP contribution in [0.5, 0.6) is 0 Å². The summed E-state index contributed by atoms with van der Waals surface area (Å²) >= 11 is 0. The largest absolute Gasteiger partial charge is 0.465 e. The van der Waals surface area contributed by atoms with Gasteiger partial charge in [0, 0.05) is 18.2 Å². The number of nitrogens with one attached hydrogen (secondary N) is 2. The molecule has 2 rings (SSSR count). The Balaban J connectivity index is 2.29. The van der Waals surface area contributed by atoms with E-state index in [2.05, 4.69) is 10.6 Å². The van der Waals surface area contributed by atoms with E-state index >= 15 is 0 Å². The molecule has 1 saturated heterocycles. The molecule has 1 aliphatic rings. The van der Waals surface area contributed by atoms with Gasteiger partial charge in [0.1, 0.15) is 11.9 Å². The SMILES string of the molecule is CC(C)C(=O)Nc1ccc(N(C(=O)O)C2CCNC2=O)c(F)c1. The Hall–Kier alpha value is -2.64. The van der Waals surface area contributed by atoms with Crippen molar-refractivity contribution in [1.82, 2.24) is 5.32 Å². The highest BCUT2D eigenvalue weighted by Gasteiger charge is 2.35. The number of anilines is 2. The van der Waals surface area contributed by atoms with E-state index in [1.165, 1.54) is 12.1 Å². The van der Waals surface area contributed by atoms with Crippen molar-refractivity contribution in [2.75, 3.05) is 16.8 Å². The van der Waals surface area contributed by atoms with Crippen LogP contribution in [0.4, 0.5) is 20.6 Å². The van der Waals surface area contributed by atoms with Gasteiger partial charge in [0.15, 0.2) is 0 Å². The number of carbonyl (C=O) groups is 3. The van der Waals surface area contributed by atoms with Crippen molar-refractivity contribution in [2.45, 2.75) is 26.3 Å². The van der Waals surface area contributed by atoms with Gasteiger partial charge in [-0.2, -0.15) is 0 Å². The smallest absolute Gasteiger partial charge is 0.412 e. The van der Waals surface area contributed by atoms with Crippen LogP contribution in [0, 0.1) is 11.7 Å². The molecule has 3 amide bonds. The van der Waals surface area contributed by atoms with Crippen molar-refractivity contribution in [3.63, 3.8) is 0 Å². The lowest BCUT2D eigenvalue weighted by atomic mass is 10.1. The lowest BCUT2D eigenvalue weighted by molar-refractivity contribution is -0.120. The Morgan fingerprint density at radius 3 is 2.61 bits per heavy atom. The Morgan fingerprint density at radius 1 is 1.43 bits per heavy atom. The maximum atomic E-state index is 14.3. The van der Waals surface area contributed by atoms with Crippen molar-refractivity contribution in [1.29, 1.82) is 0 Å². The van der Waals surface area contributed by atoms with Gasteiger partial charge in [-0.25, -0.2) is 9.18 Å². The second kappa shape index (κ2) is 6.64. The van der Waals surface area contributed by atoms with Gasteiger partial charge in [0.2, 0.25) is 11.8 Å². The number of benzene rings is 1. The van der Waals surface area contributed by atoms with Crippen molar-refractivity contribution >= 4 is 29.3 Å². The third-order valence-electron chi connectivity index (χ3n) is 3.54. The third-order valence-corrected chi connectivity index (χ3v) is 3.54. The second-order valence-electron chi connectivity index (χ2n) is 5.56. The number of hydrogen-bond donors (Lipinski definition) is 3. The van der Waals surface area contributed by atoms with Crippen LogP contribution in [0.15, 0.2) is 18.2 Å². The molecule has 23 heavy (non-hydrogen) atoms. The van der Waals surface area contributed by atoms with Crippen LogP contribution in [-0.4, -0.2) is 35.6 Å². The molecular weight excluding hydrogens is 305 g/mol. The summed E-state index contributed by atoms with van der Waals surface area (Å²) in [7, 11) is 0. The summed E-state index contributed by atoms with van der Waals surface area (Å²) in [6, 6.07) is 2.73. The highest BCUT2D eigenvalue weighted by molar-refractivity contribution is 5.98. The number of halogens is 1. The lowest BCUT2D eigenvalue weighted by Crippen LogP contribution is -2.44. The molecule has 1 aliphatic heterocycles. The fraction of sp³-hybridized carbons (Fsp3) is 0.400. The van der Waals surface area contributed by atoms with Crippen molar-refractivity contribution < 1.29 is 23.9 Å². The molecule has 1 atom stereocenters. The van der Waals surface area contributed by atoms with Crippen molar-refractivity contribution in [3.8, 4) is 0 Å². The highest BCUT2D eigenvalue weighted by atomic mass is 19.1. The minimum absolute atomic E-state index is 0.220. The molecule has 0 aliphatic carbocycles. The molecule has 0 bridgehead atoms. The summed E-state index contributed by atoms with van der Waals surface area (Å²) in [5.41, 5.74) is 0.00765. The Kier molecular flexibility index (Phi) is 4.83. The molecule has 0 spiro atoms. The van der Waals surface area contributed by atoms with Gasteiger partial charge in [-0.15, -0.1) is 0 Å². The van der Waals surface area contributed by atoms with Crippen molar-refractivity contribution in [3.05, 3.63) is 24.0 Å². The summed E-state index contributed by atoms with van der Waals surface area (Å²) in [5, 5.41) is 14.4. The first-order chi connectivity index (χ1) is 10.8. The van der Waals surface area contributed by atoms with E-state index in [4.69, 9.17) is 0 Å². The first-order valence-electron chi connectivity index (χ1n) is 7.21. The molecule has 3 N–H and O–H groups in total. The Labute approximate surface area is 132 Å². The van der Waals surface area contributed by atoms with E-state index in [-0.39, 0.29) is 29.6 Å². The van der Waals surface area contributed by atoms with Gasteiger partial charge in [-0.05, 0) is 24.6 Å². The minimum atomic E-state index is -1.41. The maximum absolute atomic E-state index is 14.3. The summed E-state index contributed by atoms with van der Waals surface area (Å²) in [6.45, 7) is 3.74. The molecule has 0 aromatic heterocycles. The second-order valence-corrected chi connectivity index (χ2v) is 5.56. The van der Waals surface area contributed by atoms with Gasteiger partial charge in [-0.1, -0.05) is 13.8 Å². The van der Waals surface area contributed by atoms with Crippen LogP contribution >= 0.6 is 0 Å². The topological polar surface area (TPSA) is 98.7 Å². The monoisotopic (exact) mass is 323 g/mol. The number of rotatable bonds is 4. The quantitative estimate of drug-likeness (QED) is 0.786. The molecule has 1 aromatic carbocycles. The van der Waals surface area contributed by atoms with Gasteiger partial charge in [0.05, 0.1) is 5.69 Å². The fourth-order valence-electron chi connectivity index (χ4n) is 2.30. The zero-order valence-electron chi connectivity index (χ0n) is 12.8. The van der Waals surface area contributed by atoms with Crippen LogP contribution in [0.3, 0.4) is 0 Å². The number of amides is 3. The predicted molar refractivity (Wildman–Crippen MR) is 81.8 cm³/mol. The molecule has 0 saturated carbocycles. The maximum Gasteiger partial charge on any atom is 0.412 e. The lowest BCUT2D eigenvalue weighted by Gasteiger charge is -2.24. The van der Waals surface area contributed by atoms with Crippen LogP contribution in [-0.2, 0) is 9.59 Å². The van der Waals surface area contributed by atoms with E-state index in [9.17, 15) is 23.9 Å². The molecule has 7 nitrogen and oxygen atoms in total. The molecule has 1 aromatic rings. The van der Waals surface area contributed by atoms with Crippen LogP contribution in [0.2, 0.25) is 0 Å². The summed E-state index contributed by atoms with van der Waals surface area (Å²) in [6.07, 6.45) is -1.14. The van der Waals surface area contributed by atoms with E-state index < -0.39 is 23.9 Å². The van der Waals surface area contributed by atoms with Gasteiger partial charge < -0.3 is 15.7 Å². The predicted octanol–water partition coefficient (Wildman–Crippen LogP) is 1.79. The average Bonchev–Trinajstić information content (AvgIpc) is 2.87. The standard InChI is InChI=1S/C15H18FN3O4/c1-8(2)13(20)18-9-3-4-11(10(16)7-9)19(15(22)23)12-5-6-17-14(12)21/h3-4,7-8,12H,5-6H2,1-2H3,(H,17,21)(H,18,20)(H,22,23). The summed E-state index contributed by atoms with van der Waals surface area (Å²) in [4.78, 5) is 35.5. The van der Waals surface area contributed by atoms with Crippen molar-refractivity contribution in [2.24, 2.45) is 5.92 Å². The number of nitrogens with zero attached hydrogens (tertiary/aromatic N) is 1. The van der Waals surface area contributed by atoms with Crippen LogP contribution in [0.1, 0.15) is 20.3 Å². The first-order valence-corrected chi connectivity index (χ1v) is 7.21. The normalized spacial score (nSPS) is 17.0. The molecular formula is C15H18FN3O4. The number of carbonyl (C=O) groups excluding carboxylic acids is 2. The molecule has 8 heteroatoms. The molecule has 1 unspecified atom stereocenters. The van der Waals surface area contributed by atoms with Gasteiger partial charge >= 0.3 is 6.09 Å². The Bertz CT molecular complexity index is 648. The van der Waals surface area contributed by atoms with E-state index in [0.717, 1.165) is 6.07 Å². The molecule has 1 fully saturated rings. The third kappa shape index (κ3) is 3.58. The fourth-order valence-corrected chi connectivity index (χ4v) is 2.30. The highest BCUT2D eigenvalue weighted by Crippen LogP contribution is 2.27. The molecule has 1 heterocycles. The van der Waals surface area contributed by atoms with E-state index in [1.54, 1.807) is 13.8 Å². The van der Waals surface area contributed by atoms with E-state index in [1.807, 2.05) is 0 Å². The summed E-state index contributed by atoms with van der Waals surface area (Å²) in [5.74, 6) is -1.82. The van der Waals surface area contributed by atoms with Crippen LogP contribution < -0.4 is 15.5 Å². The zero-order valence-corrected chi connectivity index (χ0v) is 12.8. The van der Waals surface area contributed by atoms with Gasteiger partial charge in [-0.3, -0.25) is 14.5 Å². The molecule has 0 radical (unpaired) electrons. The average molecular weight is 323 g/mol. The van der Waals surface area contributed by atoms with E-state index in [0.29, 0.717) is 11.4 Å². The zero-order chi connectivity index (χ0) is 17.1. The summed E-state index contributed by atoms with van der Waals surface area (Å²) < 4.78 is 14.3.